The molecular formula is C16H16O2. The van der Waals surface area contributed by atoms with Crippen LogP contribution in [-0.2, 0) is 0 Å². The van der Waals surface area contributed by atoms with Crippen LogP contribution in [0.4, 0.5) is 0 Å². The van der Waals surface area contributed by atoms with E-state index in [0.717, 1.165) is 24.7 Å². The van der Waals surface area contributed by atoms with E-state index >= 15 is 0 Å². The Morgan fingerprint density at radius 2 is 1.39 bits per heavy atom. The van der Waals surface area contributed by atoms with E-state index in [1.54, 1.807) is 0 Å². The maximum Gasteiger partial charge on any atom is 0.161 e. The van der Waals surface area contributed by atoms with Gasteiger partial charge in [0.1, 0.15) is 0 Å². The van der Waals surface area contributed by atoms with Crippen LogP contribution in [0.2, 0.25) is 0 Å². The lowest BCUT2D eigenvalue weighted by Gasteiger charge is -2.39. The van der Waals surface area contributed by atoms with Crippen molar-refractivity contribution >= 4 is 10.8 Å². The number of benzene rings is 2. The molecule has 1 heterocycles. The average molecular weight is 240 g/mol. The molecule has 18 heavy (non-hydrogen) atoms. The Hall–Kier alpha value is -1.70. The largest absolute Gasteiger partial charge is 0.489 e. The summed E-state index contributed by atoms with van der Waals surface area (Å²) in [6.45, 7) is 1.61. The van der Waals surface area contributed by atoms with Crippen LogP contribution in [0.1, 0.15) is 19.3 Å². The van der Waals surface area contributed by atoms with Gasteiger partial charge in [-0.3, -0.25) is 0 Å². The number of ether oxygens (including phenoxy) is 2. The lowest BCUT2D eigenvalue weighted by molar-refractivity contribution is 0.0268. The van der Waals surface area contributed by atoms with Crippen molar-refractivity contribution in [3.8, 4) is 11.5 Å². The molecule has 1 aliphatic carbocycles. The first-order valence-corrected chi connectivity index (χ1v) is 6.63. The molecular weight excluding hydrogens is 224 g/mol. The monoisotopic (exact) mass is 240 g/mol. The van der Waals surface area contributed by atoms with Gasteiger partial charge in [0.25, 0.3) is 0 Å². The summed E-state index contributed by atoms with van der Waals surface area (Å²) in [4.78, 5) is 0. The highest BCUT2D eigenvalue weighted by Crippen LogP contribution is 2.45. The van der Waals surface area contributed by atoms with Crippen LogP contribution in [0.3, 0.4) is 0 Å². The van der Waals surface area contributed by atoms with Crippen molar-refractivity contribution in [2.24, 2.45) is 5.41 Å². The fraction of sp³-hybridized carbons (Fsp3) is 0.375. The molecule has 0 saturated heterocycles. The predicted octanol–water partition coefficient (Wildman–Crippen LogP) is 3.78. The Bertz CT molecular complexity index is 551. The van der Waals surface area contributed by atoms with Crippen LogP contribution < -0.4 is 9.47 Å². The number of rotatable bonds is 0. The highest BCUT2D eigenvalue weighted by atomic mass is 16.5. The molecule has 0 bridgehead atoms. The van der Waals surface area contributed by atoms with Gasteiger partial charge in [-0.25, -0.2) is 0 Å². The summed E-state index contributed by atoms with van der Waals surface area (Å²) in [5.74, 6) is 1.80. The Morgan fingerprint density at radius 1 is 0.833 bits per heavy atom. The molecule has 2 aromatic rings. The molecule has 1 spiro atoms. The molecule has 2 aromatic carbocycles. The van der Waals surface area contributed by atoms with Gasteiger partial charge in [0.2, 0.25) is 0 Å². The first-order chi connectivity index (χ1) is 8.85. The topological polar surface area (TPSA) is 18.5 Å². The molecule has 1 fully saturated rings. The van der Waals surface area contributed by atoms with E-state index in [1.165, 1.54) is 30.0 Å². The molecule has 0 unspecified atom stereocenters. The Balaban J connectivity index is 1.77. The second kappa shape index (κ2) is 3.64. The van der Waals surface area contributed by atoms with Gasteiger partial charge in [0, 0.05) is 5.41 Å². The quantitative estimate of drug-likeness (QED) is 0.697. The average Bonchev–Trinajstić information content (AvgIpc) is 2.55. The van der Waals surface area contributed by atoms with Crippen LogP contribution in [0.5, 0.6) is 11.5 Å². The van der Waals surface area contributed by atoms with Crippen molar-refractivity contribution < 1.29 is 9.47 Å². The van der Waals surface area contributed by atoms with Gasteiger partial charge in [0.15, 0.2) is 11.5 Å². The van der Waals surface area contributed by atoms with Gasteiger partial charge in [-0.05, 0) is 35.7 Å². The molecule has 2 aliphatic rings. The Labute approximate surface area is 107 Å². The zero-order valence-electron chi connectivity index (χ0n) is 10.3. The molecule has 92 valence electrons. The van der Waals surface area contributed by atoms with Crippen molar-refractivity contribution in [1.29, 1.82) is 0 Å². The molecule has 0 atom stereocenters. The summed E-state index contributed by atoms with van der Waals surface area (Å²) in [6, 6.07) is 12.5. The maximum absolute atomic E-state index is 5.99. The molecule has 4 rings (SSSR count). The molecule has 0 N–H and O–H groups in total. The normalized spacial score (nSPS) is 20.4. The van der Waals surface area contributed by atoms with Crippen molar-refractivity contribution in [3.05, 3.63) is 36.4 Å². The number of fused-ring (bicyclic) bond motifs is 2. The summed E-state index contributed by atoms with van der Waals surface area (Å²) < 4.78 is 12.0. The second-order valence-corrected chi connectivity index (χ2v) is 5.58. The van der Waals surface area contributed by atoms with Crippen LogP contribution in [0.15, 0.2) is 36.4 Å². The van der Waals surface area contributed by atoms with Crippen molar-refractivity contribution in [2.75, 3.05) is 13.2 Å². The fourth-order valence-corrected chi connectivity index (χ4v) is 2.89. The molecule has 0 radical (unpaired) electrons. The van der Waals surface area contributed by atoms with Gasteiger partial charge in [-0.2, -0.15) is 0 Å². The van der Waals surface area contributed by atoms with E-state index in [4.69, 9.17) is 9.47 Å². The first-order valence-electron chi connectivity index (χ1n) is 6.63. The van der Waals surface area contributed by atoms with Crippen molar-refractivity contribution in [1.82, 2.24) is 0 Å². The zero-order chi connectivity index (χ0) is 12.0. The molecule has 0 aromatic heterocycles. The lowest BCUT2D eigenvalue weighted by atomic mass is 9.70. The zero-order valence-corrected chi connectivity index (χ0v) is 10.3. The van der Waals surface area contributed by atoms with E-state index < -0.39 is 0 Å². The number of hydrogen-bond donors (Lipinski definition) is 0. The van der Waals surface area contributed by atoms with E-state index in [9.17, 15) is 0 Å². The van der Waals surface area contributed by atoms with Gasteiger partial charge >= 0.3 is 0 Å². The molecule has 1 saturated carbocycles. The van der Waals surface area contributed by atoms with Crippen LogP contribution in [0, 0.1) is 5.41 Å². The van der Waals surface area contributed by atoms with Crippen molar-refractivity contribution in [3.63, 3.8) is 0 Å². The van der Waals surface area contributed by atoms with Gasteiger partial charge in [-0.1, -0.05) is 30.7 Å². The molecule has 1 aliphatic heterocycles. The van der Waals surface area contributed by atoms with E-state index in [0.29, 0.717) is 0 Å². The third-order valence-electron chi connectivity index (χ3n) is 4.29. The third-order valence-corrected chi connectivity index (χ3v) is 4.29. The first kappa shape index (κ1) is 10.2. The lowest BCUT2D eigenvalue weighted by Crippen LogP contribution is -2.39. The van der Waals surface area contributed by atoms with E-state index in [-0.39, 0.29) is 5.41 Å². The summed E-state index contributed by atoms with van der Waals surface area (Å²) >= 11 is 0. The predicted molar refractivity (Wildman–Crippen MR) is 71.2 cm³/mol. The standard InChI is InChI=1S/C16H16O2/c1-2-5-13-9-15-14(8-12(13)4-1)17-10-16(11-18-15)6-3-7-16/h1-2,4-5,8-9H,3,6-7,10-11H2. The summed E-state index contributed by atoms with van der Waals surface area (Å²) in [5.41, 5.74) is 0.283. The Morgan fingerprint density at radius 3 is 1.83 bits per heavy atom. The van der Waals surface area contributed by atoms with Crippen LogP contribution in [-0.4, -0.2) is 13.2 Å². The third kappa shape index (κ3) is 1.48. The fourth-order valence-electron chi connectivity index (χ4n) is 2.89. The van der Waals surface area contributed by atoms with Gasteiger partial charge < -0.3 is 9.47 Å². The minimum Gasteiger partial charge on any atom is -0.489 e. The minimum atomic E-state index is 0.283. The Kier molecular flexibility index (Phi) is 2.07. The van der Waals surface area contributed by atoms with Gasteiger partial charge in [-0.15, -0.1) is 0 Å². The molecule has 2 heteroatoms. The van der Waals surface area contributed by atoms with Gasteiger partial charge in [0.05, 0.1) is 13.2 Å². The highest BCUT2D eigenvalue weighted by molar-refractivity contribution is 5.86. The van der Waals surface area contributed by atoms with Crippen LogP contribution in [0.25, 0.3) is 10.8 Å². The SMILES string of the molecule is c1ccc2cc3c(cc2c1)OCC1(CCC1)CO3. The number of hydrogen-bond acceptors (Lipinski definition) is 2. The molecule has 0 amide bonds. The second-order valence-electron chi connectivity index (χ2n) is 5.58. The van der Waals surface area contributed by atoms with Crippen LogP contribution >= 0.6 is 0 Å². The smallest absolute Gasteiger partial charge is 0.161 e. The summed E-state index contributed by atoms with van der Waals surface area (Å²) in [5, 5.41) is 2.42. The summed E-state index contributed by atoms with van der Waals surface area (Å²) in [6.07, 6.45) is 3.78. The maximum atomic E-state index is 5.99. The van der Waals surface area contributed by atoms with E-state index in [1.807, 2.05) is 0 Å². The van der Waals surface area contributed by atoms with E-state index in [2.05, 4.69) is 36.4 Å². The highest BCUT2D eigenvalue weighted by Gasteiger charge is 2.40. The van der Waals surface area contributed by atoms with Crippen molar-refractivity contribution in [2.45, 2.75) is 19.3 Å². The minimum absolute atomic E-state index is 0.283. The summed E-state index contributed by atoms with van der Waals surface area (Å²) in [7, 11) is 0. The molecule has 2 nitrogen and oxygen atoms in total.